The van der Waals surface area contributed by atoms with Crippen molar-refractivity contribution in [1.29, 1.82) is 0 Å². The Bertz CT molecular complexity index is 7280. The van der Waals surface area contributed by atoms with Gasteiger partial charge in [0.1, 0.15) is 0 Å². The van der Waals surface area contributed by atoms with Crippen LogP contribution in [0.5, 0.6) is 0 Å². The second-order valence-electron chi connectivity index (χ2n) is 28.9. The molecule has 6 nitrogen and oxygen atoms in total. The van der Waals surface area contributed by atoms with Crippen LogP contribution in [0, 0.1) is 0 Å². The summed E-state index contributed by atoms with van der Waals surface area (Å²) in [6, 6.07) is 125. The van der Waals surface area contributed by atoms with Crippen LogP contribution >= 0.6 is 0 Å². The first kappa shape index (κ1) is 57.7. The van der Waals surface area contributed by atoms with Gasteiger partial charge in [0.25, 0.3) is 0 Å². The standard InChI is InChI=1S/C100H56N6/c1-2-21-60(22-3-1)93-102-96(106-98(103-93)79-54-63-24-5-7-29-67(63)69-31-9-11-33-71(69)79)75-37-20-43-86-91(75)74-35-13-15-39-81(74)100(86)85-42-18-27-64-55-76(73-36-19-44-87(100)92(73)90(64)85)57-45-49-61(50-46-57)94-101-95(105-97(104-94)78-53-62-23-4-6-28-66(62)68-30-8-10-32-70(68)78)65-51-52-82-77(56-65)72-34-12-14-38-80(72)99(82)83-40-16-25-58-47-48-59-26-17-41-84(99)89(59)88(58)83/h1-56H. The van der Waals surface area contributed by atoms with E-state index in [0.717, 1.165) is 82.4 Å². The van der Waals surface area contributed by atoms with Crippen molar-refractivity contribution >= 4 is 86.2 Å². The molecule has 0 aliphatic heterocycles. The molecule has 2 aromatic heterocycles. The number of rotatable bonds is 7. The molecular formula is C100H56N6. The third kappa shape index (κ3) is 7.63. The van der Waals surface area contributed by atoms with Gasteiger partial charge < -0.3 is 0 Å². The summed E-state index contributed by atoms with van der Waals surface area (Å²) in [5.74, 6) is 3.73. The van der Waals surface area contributed by atoms with E-state index in [1.807, 2.05) is 6.07 Å². The fourth-order valence-electron chi connectivity index (χ4n) is 19.6. The van der Waals surface area contributed by atoms with Gasteiger partial charge in [0.15, 0.2) is 34.9 Å². The van der Waals surface area contributed by atoms with Crippen molar-refractivity contribution in [2.45, 2.75) is 10.8 Å². The van der Waals surface area contributed by atoms with Crippen LogP contribution in [0.4, 0.5) is 0 Å². The van der Waals surface area contributed by atoms with E-state index in [0.29, 0.717) is 34.9 Å². The van der Waals surface area contributed by atoms with Crippen LogP contribution in [-0.4, -0.2) is 29.9 Å². The fourth-order valence-corrected chi connectivity index (χ4v) is 19.6. The highest BCUT2D eigenvalue weighted by Crippen LogP contribution is 2.66. The van der Waals surface area contributed by atoms with Crippen molar-refractivity contribution in [2.24, 2.45) is 0 Å². The highest BCUT2D eigenvalue weighted by molar-refractivity contribution is 6.23. The van der Waals surface area contributed by atoms with E-state index in [1.54, 1.807) is 0 Å². The quantitative estimate of drug-likeness (QED) is 0.148. The monoisotopic (exact) mass is 1340 g/mol. The Balaban J connectivity index is 0.662. The summed E-state index contributed by atoms with van der Waals surface area (Å²) in [5, 5.41) is 19.3. The highest BCUT2D eigenvalue weighted by Gasteiger charge is 2.53. The second-order valence-corrected chi connectivity index (χ2v) is 28.9. The fraction of sp³-hybridized carbons (Fsp3) is 0.0200. The predicted octanol–water partition coefficient (Wildman–Crippen LogP) is 24.3. The molecule has 0 fully saturated rings. The molecule has 2 heterocycles. The minimum Gasteiger partial charge on any atom is -0.208 e. The van der Waals surface area contributed by atoms with Crippen molar-refractivity contribution in [3.05, 3.63) is 384 Å². The molecule has 0 saturated carbocycles. The molecule has 0 amide bonds. The molecule has 2 spiro atoms. The molecule has 486 valence electrons. The molecule has 24 rings (SSSR count). The minimum absolute atomic E-state index is 0.488. The molecule has 4 aliphatic carbocycles. The average molecular weight is 1340 g/mol. The lowest BCUT2D eigenvalue weighted by Crippen LogP contribution is -2.26. The Kier molecular flexibility index (Phi) is 11.6. The van der Waals surface area contributed by atoms with Crippen molar-refractivity contribution in [3.8, 4) is 102 Å². The van der Waals surface area contributed by atoms with Gasteiger partial charge in [-0.3, -0.25) is 0 Å². The van der Waals surface area contributed by atoms with E-state index in [2.05, 4.69) is 334 Å². The molecule has 6 heteroatoms. The summed E-state index contributed by atoms with van der Waals surface area (Å²) < 4.78 is 0. The van der Waals surface area contributed by atoms with Crippen molar-refractivity contribution in [3.63, 3.8) is 0 Å². The highest BCUT2D eigenvalue weighted by atomic mass is 15.0. The number of hydrogen-bond acceptors (Lipinski definition) is 6. The summed E-state index contributed by atoms with van der Waals surface area (Å²) in [5.41, 5.74) is 21.7. The number of aromatic nitrogens is 6. The predicted molar refractivity (Wildman–Crippen MR) is 433 cm³/mol. The zero-order valence-electron chi connectivity index (χ0n) is 57.0. The van der Waals surface area contributed by atoms with Gasteiger partial charge in [-0.25, -0.2) is 29.9 Å². The van der Waals surface area contributed by atoms with Crippen molar-refractivity contribution in [1.82, 2.24) is 29.9 Å². The maximum Gasteiger partial charge on any atom is 0.164 e. The van der Waals surface area contributed by atoms with E-state index < -0.39 is 10.8 Å². The molecule has 18 aromatic carbocycles. The van der Waals surface area contributed by atoms with Gasteiger partial charge in [0, 0.05) is 33.4 Å². The molecule has 0 saturated heterocycles. The van der Waals surface area contributed by atoms with Crippen molar-refractivity contribution < 1.29 is 0 Å². The Labute approximate surface area is 609 Å². The van der Waals surface area contributed by atoms with Crippen LogP contribution < -0.4 is 0 Å². The largest absolute Gasteiger partial charge is 0.208 e. The molecule has 0 N–H and O–H groups in total. The number of nitrogens with zero attached hydrogens (tertiary/aromatic N) is 6. The first-order valence-corrected chi connectivity index (χ1v) is 36.5. The zero-order valence-corrected chi connectivity index (χ0v) is 57.0. The number of hydrogen-bond donors (Lipinski definition) is 0. The van der Waals surface area contributed by atoms with Crippen LogP contribution in [-0.2, 0) is 10.8 Å². The molecular weight excluding hydrogens is 1290 g/mol. The third-order valence-electron chi connectivity index (χ3n) is 23.9. The minimum atomic E-state index is -0.655. The van der Waals surface area contributed by atoms with Gasteiger partial charge in [0.05, 0.1) is 10.8 Å². The lowest BCUT2D eigenvalue weighted by atomic mass is 9.70. The van der Waals surface area contributed by atoms with Crippen LogP contribution in [0.25, 0.3) is 188 Å². The first-order chi connectivity index (χ1) is 52.5. The second kappa shape index (κ2) is 21.3. The maximum absolute atomic E-state index is 5.58. The van der Waals surface area contributed by atoms with Gasteiger partial charge >= 0.3 is 0 Å². The van der Waals surface area contributed by atoms with Gasteiger partial charge in [-0.15, -0.1) is 0 Å². The lowest BCUT2D eigenvalue weighted by Gasteiger charge is -2.31. The summed E-state index contributed by atoms with van der Waals surface area (Å²) in [4.78, 5) is 33.0. The normalized spacial score (nSPS) is 14.5. The Morgan fingerprint density at radius 3 is 1.16 bits per heavy atom. The lowest BCUT2D eigenvalue weighted by molar-refractivity contribution is 0.797. The average Bonchev–Trinajstić information content (AvgIpc) is 1.51. The van der Waals surface area contributed by atoms with Crippen LogP contribution in [0.1, 0.15) is 44.5 Å². The smallest absolute Gasteiger partial charge is 0.164 e. The molecule has 0 bridgehead atoms. The van der Waals surface area contributed by atoms with E-state index in [9.17, 15) is 0 Å². The Hall–Kier alpha value is -13.9. The van der Waals surface area contributed by atoms with E-state index in [4.69, 9.17) is 29.9 Å². The zero-order chi connectivity index (χ0) is 69.1. The Morgan fingerprint density at radius 2 is 0.528 bits per heavy atom. The van der Waals surface area contributed by atoms with Crippen LogP contribution in [0.15, 0.2) is 340 Å². The summed E-state index contributed by atoms with van der Waals surface area (Å²) >= 11 is 0. The van der Waals surface area contributed by atoms with Crippen LogP contribution in [0.3, 0.4) is 0 Å². The maximum atomic E-state index is 5.58. The summed E-state index contributed by atoms with van der Waals surface area (Å²) in [6.45, 7) is 0. The van der Waals surface area contributed by atoms with E-state index in [1.165, 1.54) is 115 Å². The molecule has 1 atom stereocenters. The SMILES string of the molecule is c1ccc(-c2nc(-c3cccc4c3-c3ccccc3C43c4cccc5cc(-c6ccc(-c7nc(-c8ccc9c(c8)-c8ccccc8C98c9cccc%10ccc%11cccc8c%11c9%10)nc(-c8cc9ccccc9c9ccccc89)n7)cc6)c6cccc3c6c45)nc(-c3cc4ccccc4c4ccccc34)n2)cc1. The van der Waals surface area contributed by atoms with Crippen LogP contribution in [0.2, 0.25) is 0 Å². The third-order valence-corrected chi connectivity index (χ3v) is 23.9. The van der Waals surface area contributed by atoms with E-state index >= 15 is 0 Å². The number of fused-ring (bicyclic) bond motifs is 20. The summed E-state index contributed by atoms with van der Waals surface area (Å²) in [6.07, 6.45) is 0. The molecule has 0 radical (unpaired) electrons. The first-order valence-electron chi connectivity index (χ1n) is 36.5. The molecule has 20 aromatic rings. The van der Waals surface area contributed by atoms with Gasteiger partial charge in [-0.05, 0) is 188 Å². The summed E-state index contributed by atoms with van der Waals surface area (Å²) in [7, 11) is 0. The number of benzene rings is 18. The van der Waals surface area contributed by atoms with Crippen molar-refractivity contribution in [2.75, 3.05) is 0 Å². The molecule has 1 unspecified atom stereocenters. The molecule has 4 aliphatic rings. The molecule has 106 heavy (non-hydrogen) atoms. The van der Waals surface area contributed by atoms with Gasteiger partial charge in [0.2, 0.25) is 0 Å². The van der Waals surface area contributed by atoms with Gasteiger partial charge in [-0.1, -0.05) is 315 Å². The topological polar surface area (TPSA) is 77.3 Å². The Morgan fingerprint density at radius 1 is 0.160 bits per heavy atom. The van der Waals surface area contributed by atoms with E-state index in [-0.39, 0.29) is 0 Å². The van der Waals surface area contributed by atoms with Gasteiger partial charge in [-0.2, -0.15) is 0 Å².